The summed E-state index contributed by atoms with van der Waals surface area (Å²) in [5.41, 5.74) is 7.35. The normalized spacial score (nSPS) is 10.1. The van der Waals surface area contributed by atoms with E-state index >= 15 is 0 Å². The third-order valence-electron chi connectivity index (χ3n) is 1.84. The van der Waals surface area contributed by atoms with Crippen LogP contribution < -0.4 is 10.5 Å². The second-order valence-corrected chi connectivity index (χ2v) is 2.89. The first-order valence-electron chi connectivity index (χ1n) is 4.67. The van der Waals surface area contributed by atoms with Gasteiger partial charge in [-0.3, -0.25) is 0 Å². The summed E-state index contributed by atoms with van der Waals surface area (Å²) >= 11 is 0. The molecule has 0 aliphatic heterocycles. The maximum absolute atomic E-state index is 5.77. The van der Waals surface area contributed by atoms with E-state index in [0.29, 0.717) is 31.4 Å². The number of aromatic nitrogens is 1. The van der Waals surface area contributed by atoms with Gasteiger partial charge in [0.15, 0.2) is 0 Å². The Hall–Kier alpha value is -1.29. The van der Waals surface area contributed by atoms with E-state index in [1.165, 1.54) is 0 Å². The van der Waals surface area contributed by atoms with Crippen molar-refractivity contribution in [3.8, 4) is 5.88 Å². The molecule has 2 N–H and O–H groups in total. The van der Waals surface area contributed by atoms with Crippen LogP contribution in [0.2, 0.25) is 0 Å². The summed E-state index contributed by atoms with van der Waals surface area (Å²) in [5.74, 6) is 0.490. The number of nitrogen functional groups attached to an aromatic ring is 1. The van der Waals surface area contributed by atoms with Gasteiger partial charge in [-0.05, 0) is 25.5 Å². The van der Waals surface area contributed by atoms with Crippen LogP contribution in [0.5, 0.6) is 5.88 Å². The van der Waals surface area contributed by atoms with E-state index in [2.05, 4.69) is 4.98 Å². The Kier molecular flexibility index (Phi) is 4.19. The minimum Gasteiger partial charge on any atom is -0.474 e. The number of nitrogens with zero attached hydrogens (tertiary/aromatic N) is 1. The van der Waals surface area contributed by atoms with Crippen molar-refractivity contribution in [3.63, 3.8) is 0 Å². The molecule has 0 amide bonds. The molecule has 0 atom stereocenters. The molecule has 0 aliphatic carbocycles. The summed E-state index contributed by atoms with van der Waals surface area (Å²) in [6, 6.07) is 1.85. The summed E-state index contributed by atoms with van der Waals surface area (Å²) in [7, 11) is 0. The molecule has 78 valence electrons. The summed E-state index contributed by atoms with van der Waals surface area (Å²) in [6.07, 6.45) is 1.68. The maximum Gasteiger partial charge on any atom is 0.237 e. The Labute approximate surface area is 84.0 Å². The molecule has 0 aliphatic rings. The highest BCUT2D eigenvalue weighted by molar-refractivity contribution is 5.53. The van der Waals surface area contributed by atoms with E-state index in [1.54, 1.807) is 6.20 Å². The highest BCUT2D eigenvalue weighted by atomic mass is 16.5. The lowest BCUT2D eigenvalue weighted by atomic mass is 10.2. The SMILES string of the molecule is CCOCCOc1nccc(C)c1N. The second-order valence-electron chi connectivity index (χ2n) is 2.89. The van der Waals surface area contributed by atoms with Crippen LogP contribution in [-0.4, -0.2) is 24.8 Å². The quantitative estimate of drug-likeness (QED) is 0.723. The van der Waals surface area contributed by atoms with Gasteiger partial charge in [-0.1, -0.05) is 0 Å². The first kappa shape index (κ1) is 10.8. The molecule has 4 heteroatoms. The van der Waals surface area contributed by atoms with Crippen LogP contribution in [0.25, 0.3) is 0 Å². The molecule has 1 rings (SSSR count). The number of hydrogen-bond donors (Lipinski definition) is 1. The van der Waals surface area contributed by atoms with Gasteiger partial charge < -0.3 is 15.2 Å². The van der Waals surface area contributed by atoms with Crippen molar-refractivity contribution < 1.29 is 9.47 Å². The third-order valence-corrected chi connectivity index (χ3v) is 1.84. The number of pyridine rings is 1. The summed E-state index contributed by atoms with van der Waals surface area (Å²) in [4.78, 5) is 4.03. The fraction of sp³-hybridized carbons (Fsp3) is 0.500. The lowest BCUT2D eigenvalue weighted by molar-refractivity contribution is 0.108. The highest BCUT2D eigenvalue weighted by Gasteiger charge is 2.03. The molecule has 0 saturated carbocycles. The number of hydrogen-bond acceptors (Lipinski definition) is 4. The van der Waals surface area contributed by atoms with E-state index in [1.807, 2.05) is 19.9 Å². The fourth-order valence-corrected chi connectivity index (χ4v) is 1.00. The van der Waals surface area contributed by atoms with E-state index in [-0.39, 0.29) is 0 Å². The highest BCUT2D eigenvalue weighted by Crippen LogP contribution is 2.20. The van der Waals surface area contributed by atoms with Gasteiger partial charge in [0.05, 0.1) is 12.3 Å². The molecular formula is C10H16N2O2. The summed E-state index contributed by atoms with van der Waals surface area (Å²) in [5, 5.41) is 0. The predicted molar refractivity (Wildman–Crippen MR) is 55.4 cm³/mol. The van der Waals surface area contributed by atoms with E-state index in [0.717, 1.165) is 5.56 Å². The second kappa shape index (κ2) is 5.44. The minimum atomic E-state index is 0.481. The molecule has 0 bridgehead atoms. The Morgan fingerprint density at radius 2 is 2.21 bits per heavy atom. The average Bonchev–Trinajstić information content (AvgIpc) is 2.19. The molecule has 0 aromatic carbocycles. The van der Waals surface area contributed by atoms with Gasteiger partial charge in [-0.25, -0.2) is 4.98 Å². The molecule has 1 heterocycles. The maximum atomic E-state index is 5.77. The van der Waals surface area contributed by atoms with Gasteiger partial charge in [-0.15, -0.1) is 0 Å². The predicted octanol–water partition coefficient (Wildman–Crippen LogP) is 1.39. The molecule has 14 heavy (non-hydrogen) atoms. The zero-order valence-electron chi connectivity index (χ0n) is 8.62. The molecule has 0 spiro atoms. The number of ether oxygens (including phenoxy) is 2. The number of aryl methyl sites for hydroxylation is 1. The standard InChI is InChI=1S/C10H16N2O2/c1-3-13-6-7-14-10-9(11)8(2)4-5-12-10/h4-5H,3,6-7,11H2,1-2H3. The minimum absolute atomic E-state index is 0.481. The molecule has 4 nitrogen and oxygen atoms in total. The lowest BCUT2D eigenvalue weighted by Gasteiger charge is -2.08. The van der Waals surface area contributed by atoms with Crippen LogP contribution in [-0.2, 0) is 4.74 Å². The molecule has 1 aromatic rings. The van der Waals surface area contributed by atoms with E-state index in [4.69, 9.17) is 15.2 Å². The van der Waals surface area contributed by atoms with Crippen LogP contribution in [0.3, 0.4) is 0 Å². The number of nitrogens with two attached hydrogens (primary N) is 1. The largest absolute Gasteiger partial charge is 0.474 e. The van der Waals surface area contributed by atoms with Crippen LogP contribution in [0.4, 0.5) is 5.69 Å². The monoisotopic (exact) mass is 196 g/mol. The van der Waals surface area contributed by atoms with Crippen LogP contribution in [0.15, 0.2) is 12.3 Å². The Bertz CT molecular complexity index is 289. The number of rotatable bonds is 5. The molecule has 0 saturated heterocycles. The Morgan fingerprint density at radius 3 is 2.93 bits per heavy atom. The molecule has 0 unspecified atom stereocenters. The molecule has 0 radical (unpaired) electrons. The van der Waals surface area contributed by atoms with Gasteiger partial charge in [0.1, 0.15) is 6.61 Å². The van der Waals surface area contributed by atoms with Gasteiger partial charge in [-0.2, -0.15) is 0 Å². The molecular weight excluding hydrogens is 180 g/mol. The topological polar surface area (TPSA) is 57.4 Å². The van der Waals surface area contributed by atoms with Crippen molar-refractivity contribution in [3.05, 3.63) is 17.8 Å². The van der Waals surface area contributed by atoms with Gasteiger partial charge in [0.2, 0.25) is 5.88 Å². The van der Waals surface area contributed by atoms with Crippen molar-refractivity contribution in [2.75, 3.05) is 25.6 Å². The van der Waals surface area contributed by atoms with Gasteiger partial charge in [0, 0.05) is 12.8 Å². The summed E-state index contributed by atoms with van der Waals surface area (Å²) < 4.78 is 10.5. The van der Waals surface area contributed by atoms with Crippen molar-refractivity contribution in [2.24, 2.45) is 0 Å². The fourth-order valence-electron chi connectivity index (χ4n) is 1.00. The van der Waals surface area contributed by atoms with Crippen LogP contribution >= 0.6 is 0 Å². The Morgan fingerprint density at radius 1 is 1.43 bits per heavy atom. The average molecular weight is 196 g/mol. The number of anilines is 1. The zero-order valence-corrected chi connectivity index (χ0v) is 8.62. The van der Waals surface area contributed by atoms with E-state index < -0.39 is 0 Å². The smallest absolute Gasteiger partial charge is 0.237 e. The van der Waals surface area contributed by atoms with Crippen LogP contribution in [0, 0.1) is 6.92 Å². The third kappa shape index (κ3) is 2.88. The van der Waals surface area contributed by atoms with Crippen molar-refractivity contribution in [1.29, 1.82) is 0 Å². The molecule has 0 fully saturated rings. The summed E-state index contributed by atoms with van der Waals surface area (Å²) in [6.45, 7) is 5.60. The van der Waals surface area contributed by atoms with Crippen molar-refractivity contribution in [2.45, 2.75) is 13.8 Å². The first-order chi connectivity index (χ1) is 6.75. The van der Waals surface area contributed by atoms with E-state index in [9.17, 15) is 0 Å². The first-order valence-corrected chi connectivity index (χ1v) is 4.67. The zero-order chi connectivity index (χ0) is 10.4. The Balaban J connectivity index is 2.46. The molecule has 1 aromatic heterocycles. The van der Waals surface area contributed by atoms with Gasteiger partial charge in [0.25, 0.3) is 0 Å². The van der Waals surface area contributed by atoms with Crippen molar-refractivity contribution >= 4 is 5.69 Å². The lowest BCUT2D eigenvalue weighted by Crippen LogP contribution is -2.09. The van der Waals surface area contributed by atoms with Crippen molar-refractivity contribution in [1.82, 2.24) is 4.98 Å². The van der Waals surface area contributed by atoms with Crippen LogP contribution in [0.1, 0.15) is 12.5 Å². The van der Waals surface area contributed by atoms with Gasteiger partial charge >= 0.3 is 0 Å².